The Morgan fingerprint density at radius 3 is 2.88 bits per heavy atom. The van der Waals surface area contributed by atoms with Crippen LogP contribution in [0.5, 0.6) is 0 Å². The van der Waals surface area contributed by atoms with Crippen molar-refractivity contribution in [1.29, 1.82) is 0 Å². The van der Waals surface area contributed by atoms with Crippen molar-refractivity contribution in [1.82, 2.24) is 15.2 Å². The predicted molar refractivity (Wildman–Crippen MR) is 96.6 cm³/mol. The molecule has 1 saturated heterocycles. The number of amides is 1. The zero-order valence-corrected chi connectivity index (χ0v) is 14.6. The molecule has 0 radical (unpaired) electrons. The monoisotopic (exact) mass is 363 g/mol. The average molecular weight is 364 g/mol. The summed E-state index contributed by atoms with van der Waals surface area (Å²) in [6.07, 6.45) is 3.45. The molecule has 2 aliphatic rings. The third kappa shape index (κ3) is 4.00. The van der Waals surface area contributed by atoms with Gasteiger partial charge in [0.1, 0.15) is 11.9 Å². The summed E-state index contributed by atoms with van der Waals surface area (Å²) in [6, 6.07) is 7.56. The maximum absolute atomic E-state index is 12.3. The molecule has 2 heterocycles. The van der Waals surface area contributed by atoms with Crippen LogP contribution in [-0.4, -0.2) is 39.8 Å². The van der Waals surface area contributed by atoms with Crippen molar-refractivity contribution in [3.8, 4) is 11.4 Å². The van der Waals surface area contributed by atoms with E-state index in [1.165, 1.54) is 12.8 Å². The largest absolute Gasteiger partial charge is 0.364 e. The van der Waals surface area contributed by atoms with Gasteiger partial charge in [-0.1, -0.05) is 12.1 Å². The van der Waals surface area contributed by atoms with Crippen LogP contribution in [-0.2, 0) is 9.53 Å². The molecule has 1 amide bonds. The average Bonchev–Trinajstić information content (AvgIpc) is 3.14. The van der Waals surface area contributed by atoms with Gasteiger partial charge in [-0.05, 0) is 37.8 Å². The summed E-state index contributed by atoms with van der Waals surface area (Å²) in [5.41, 5.74) is 7.18. The van der Waals surface area contributed by atoms with Crippen LogP contribution in [0, 0.1) is 0 Å². The summed E-state index contributed by atoms with van der Waals surface area (Å²) in [5.74, 6) is 2.01. The number of nitrogens with one attached hydrogen (secondary N) is 2. The Labute approximate surface area is 152 Å². The Hall–Kier alpha value is -1.96. The van der Waals surface area contributed by atoms with E-state index in [2.05, 4.69) is 20.5 Å². The van der Waals surface area contributed by atoms with Gasteiger partial charge in [0, 0.05) is 23.7 Å². The Morgan fingerprint density at radius 2 is 2.16 bits per heavy atom. The van der Waals surface area contributed by atoms with Gasteiger partial charge in [0.25, 0.3) is 5.91 Å². The molecule has 4 N–H and O–H groups in total. The lowest BCUT2D eigenvalue weighted by atomic mass is 10.1. The minimum atomic E-state index is -0.424. The molecule has 1 aromatic carbocycles. The number of aromatic nitrogens is 3. The first-order valence-corrected chi connectivity index (χ1v) is 8.42. The number of H-pyrrole nitrogens is 1. The second-order valence-electron chi connectivity index (χ2n) is 6.45. The van der Waals surface area contributed by atoms with E-state index < -0.39 is 6.10 Å². The summed E-state index contributed by atoms with van der Waals surface area (Å²) in [6.45, 7) is 0.452. The number of halogens is 1. The lowest BCUT2D eigenvalue weighted by molar-refractivity contribution is -0.126. The molecule has 0 bridgehead atoms. The number of nitrogens with zero attached hydrogens (tertiary/aromatic N) is 2. The summed E-state index contributed by atoms with van der Waals surface area (Å²) < 4.78 is 5.63. The molecule has 2 atom stereocenters. The molecule has 1 aromatic heterocycles. The van der Waals surface area contributed by atoms with Crippen LogP contribution in [0.2, 0.25) is 0 Å². The first-order valence-electron chi connectivity index (χ1n) is 8.42. The normalized spacial score (nSPS) is 22.4. The molecular weight excluding hydrogens is 342 g/mol. The van der Waals surface area contributed by atoms with Crippen molar-refractivity contribution < 1.29 is 9.53 Å². The minimum absolute atomic E-state index is 0. The number of ether oxygens (including phenoxy) is 1. The van der Waals surface area contributed by atoms with Crippen LogP contribution in [0.3, 0.4) is 0 Å². The lowest BCUT2D eigenvalue weighted by Crippen LogP contribution is -2.29. The number of anilines is 1. The number of rotatable bonds is 5. The van der Waals surface area contributed by atoms with Crippen molar-refractivity contribution in [3.63, 3.8) is 0 Å². The number of aromatic amines is 1. The molecule has 25 heavy (non-hydrogen) atoms. The van der Waals surface area contributed by atoms with Gasteiger partial charge in [-0.25, -0.2) is 4.98 Å². The topological polar surface area (TPSA) is 106 Å². The van der Waals surface area contributed by atoms with Crippen molar-refractivity contribution in [2.45, 2.75) is 43.8 Å². The number of nitrogens with two attached hydrogens (primary N) is 1. The second-order valence-corrected chi connectivity index (χ2v) is 6.45. The van der Waals surface area contributed by atoms with Gasteiger partial charge < -0.3 is 15.8 Å². The van der Waals surface area contributed by atoms with Gasteiger partial charge in [0.2, 0.25) is 0 Å². The van der Waals surface area contributed by atoms with E-state index in [1.807, 2.05) is 24.3 Å². The van der Waals surface area contributed by atoms with Crippen LogP contribution in [0.25, 0.3) is 11.4 Å². The van der Waals surface area contributed by atoms with Crippen LogP contribution in [0.1, 0.15) is 37.4 Å². The highest BCUT2D eigenvalue weighted by Gasteiger charge is 2.30. The van der Waals surface area contributed by atoms with Crippen molar-refractivity contribution in [2.75, 3.05) is 11.9 Å². The molecule has 0 spiro atoms. The van der Waals surface area contributed by atoms with Crippen LogP contribution in [0.4, 0.5) is 5.69 Å². The number of benzene rings is 1. The molecule has 1 aliphatic carbocycles. The fraction of sp³-hybridized carbons (Fsp3) is 0.471. The molecule has 1 saturated carbocycles. The van der Waals surface area contributed by atoms with Crippen molar-refractivity contribution in [2.24, 2.45) is 5.73 Å². The van der Waals surface area contributed by atoms with Crippen molar-refractivity contribution >= 4 is 24.0 Å². The zero-order chi connectivity index (χ0) is 16.5. The van der Waals surface area contributed by atoms with E-state index >= 15 is 0 Å². The minimum Gasteiger partial charge on any atom is -0.364 e. The summed E-state index contributed by atoms with van der Waals surface area (Å²) in [4.78, 5) is 16.9. The van der Waals surface area contributed by atoms with E-state index in [1.54, 1.807) is 0 Å². The highest BCUT2D eigenvalue weighted by molar-refractivity contribution is 5.94. The lowest BCUT2D eigenvalue weighted by Gasteiger charge is -2.13. The first-order chi connectivity index (χ1) is 11.7. The quantitative estimate of drug-likeness (QED) is 0.755. The Balaban J connectivity index is 0.00000182. The number of hydrogen-bond donors (Lipinski definition) is 3. The van der Waals surface area contributed by atoms with Crippen LogP contribution in [0.15, 0.2) is 24.3 Å². The maximum atomic E-state index is 12.3. The summed E-state index contributed by atoms with van der Waals surface area (Å²) in [5, 5.41) is 10.2. The van der Waals surface area contributed by atoms with Crippen molar-refractivity contribution in [3.05, 3.63) is 30.1 Å². The Kier molecular flexibility index (Phi) is 5.36. The molecule has 8 heteroatoms. The van der Waals surface area contributed by atoms with E-state index in [9.17, 15) is 4.79 Å². The number of hydrogen-bond acceptors (Lipinski definition) is 5. The third-order valence-electron chi connectivity index (χ3n) is 4.52. The molecule has 1 aliphatic heterocycles. The fourth-order valence-corrected chi connectivity index (χ4v) is 2.97. The third-order valence-corrected chi connectivity index (χ3v) is 4.52. The highest BCUT2D eigenvalue weighted by Crippen LogP contribution is 2.38. The van der Waals surface area contributed by atoms with Gasteiger partial charge >= 0.3 is 0 Å². The highest BCUT2D eigenvalue weighted by atomic mass is 35.5. The van der Waals surface area contributed by atoms with E-state index in [4.69, 9.17) is 10.5 Å². The smallest absolute Gasteiger partial charge is 0.253 e. The van der Waals surface area contributed by atoms with E-state index in [-0.39, 0.29) is 24.4 Å². The fourth-order valence-electron chi connectivity index (χ4n) is 2.97. The van der Waals surface area contributed by atoms with E-state index in [0.29, 0.717) is 24.7 Å². The van der Waals surface area contributed by atoms with Gasteiger partial charge in [0.05, 0.1) is 6.10 Å². The van der Waals surface area contributed by atoms with Crippen LogP contribution >= 0.6 is 12.4 Å². The molecule has 7 nitrogen and oxygen atoms in total. The molecule has 4 rings (SSSR count). The standard InChI is InChI=1S/C17H21N5O2.ClH/c18-9-13-6-7-14(24-13)17(23)19-12-3-1-2-11(8-12)16-20-15(21-22-16)10-4-5-10;/h1-3,8,10,13-14H,4-7,9,18H2,(H,19,23)(H,20,21,22);1H/t13-,14+;/m1./s1. The van der Waals surface area contributed by atoms with Gasteiger partial charge in [-0.3, -0.25) is 9.89 Å². The molecule has 2 fully saturated rings. The maximum Gasteiger partial charge on any atom is 0.253 e. The summed E-state index contributed by atoms with van der Waals surface area (Å²) >= 11 is 0. The number of carbonyl (C=O) groups excluding carboxylic acids is 1. The summed E-state index contributed by atoms with van der Waals surface area (Å²) in [7, 11) is 0. The Bertz CT molecular complexity index is 746. The molecule has 134 valence electrons. The van der Waals surface area contributed by atoms with Gasteiger partial charge in [-0.2, -0.15) is 5.10 Å². The first kappa shape index (κ1) is 17.8. The van der Waals surface area contributed by atoms with Gasteiger partial charge in [0.15, 0.2) is 5.82 Å². The molecular formula is C17H22ClN5O2. The molecule has 0 unspecified atom stereocenters. The second kappa shape index (κ2) is 7.51. The van der Waals surface area contributed by atoms with E-state index in [0.717, 1.165) is 23.5 Å². The zero-order valence-electron chi connectivity index (χ0n) is 13.8. The molecule has 2 aromatic rings. The SMILES string of the molecule is Cl.NC[C@H]1CC[C@@H](C(=O)Nc2cccc(-c3n[nH]c(C4CC4)n3)c2)O1. The van der Waals surface area contributed by atoms with Crippen LogP contribution < -0.4 is 11.1 Å². The van der Waals surface area contributed by atoms with Gasteiger partial charge in [-0.15, -0.1) is 12.4 Å². The Morgan fingerprint density at radius 1 is 1.32 bits per heavy atom. The predicted octanol–water partition coefficient (Wildman–Crippen LogP) is 2.22. The number of carbonyl (C=O) groups is 1.